The average Bonchev–Trinajstić information content (AvgIpc) is 2.86. The van der Waals surface area contributed by atoms with Gasteiger partial charge in [0.1, 0.15) is 0 Å². The number of nitrogens with zero attached hydrogens (tertiary/aromatic N) is 1. The SMILES string of the molecule is Nc1nc2c(SNc3ccc(C(=O)O)cc3)cccc2s1. The van der Waals surface area contributed by atoms with Crippen LogP contribution in [0, 0.1) is 0 Å². The summed E-state index contributed by atoms with van der Waals surface area (Å²) < 4.78 is 4.22. The highest BCUT2D eigenvalue weighted by Crippen LogP contribution is 2.32. The molecule has 2 aromatic carbocycles. The van der Waals surface area contributed by atoms with E-state index in [-0.39, 0.29) is 5.56 Å². The molecule has 1 aromatic heterocycles. The molecule has 0 radical (unpaired) electrons. The normalized spacial score (nSPS) is 10.7. The summed E-state index contributed by atoms with van der Waals surface area (Å²) in [5.41, 5.74) is 7.70. The van der Waals surface area contributed by atoms with Crippen molar-refractivity contribution in [3.8, 4) is 0 Å². The molecule has 106 valence electrons. The van der Waals surface area contributed by atoms with Crippen LogP contribution in [0.15, 0.2) is 47.4 Å². The maximum absolute atomic E-state index is 10.8. The van der Waals surface area contributed by atoms with Gasteiger partial charge in [-0.1, -0.05) is 17.4 Å². The van der Waals surface area contributed by atoms with Gasteiger partial charge in [-0.3, -0.25) is 0 Å². The highest BCUT2D eigenvalue weighted by molar-refractivity contribution is 8.00. The van der Waals surface area contributed by atoms with Gasteiger partial charge < -0.3 is 15.6 Å². The van der Waals surface area contributed by atoms with E-state index < -0.39 is 5.97 Å². The number of anilines is 2. The molecule has 1 heterocycles. The zero-order chi connectivity index (χ0) is 14.8. The second kappa shape index (κ2) is 5.63. The lowest BCUT2D eigenvalue weighted by Crippen LogP contribution is -1.95. The number of nitrogen functional groups attached to an aromatic ring is 1. The first-order chi connectivity index (χ1) is 10.1. The number of thiazole rings is 1. The number of nitrogens with one attached hydrogen (secondary N) is 1. The molecule has 0 aliphatic carbocycles. The summed E-state index contributed by atoms with van der Waals surface area (Å²) in [6, 6.07) is 12.5. The Balaban J connectivity index is 1.78. The molecule has 3 rings (SSSR count). The van der Waals surface area contributed by atoms with Crippen LogP contribution in [-0.2, 0) is 0 Å². The molecule has 5 nitrogen and oxygen atoms in total. The Labute approximate surface area is 128 Å². The Hall–Kier alpha value is -2.25. The zero-order valence-corrected chi connectivity index (χ0v) is 12.4. The predicted octanol–water partition coefficient (Wildman–Crippen LogP) is 3.70. The minimum absolute atomic E-state index is 0.264. The van der Waals surface area contributed by atoms with E-state index in [1.54, 1.807) is 24.3 Å². The number of nitrogens with two attached hydrogens (primary N) is 1. The van der Waals surface area contributed by atoms with E-state index in [4.69, 9.17) is 10.8 Å². The van der Waals surface area contributed by atoms with Crippen molar-refractivity contribution < 1.29 is 9.90 Å². The molecule has 0 unspecified atom stereocenters. The number of fused-ring (bicyclic) bond motifs is 1. The number of benzene rings is 2. The van der Waals surface area contributed by atoms with Gasteiger partial charge in [-0.2, -0.15) is 0 Å². The number of aromatic carboxylic acids is 1. The summed E-state index contributed by atoms with van der Waals surface area (Å²) in [6.45, 7) is 0. The Kier molecular flexibility index (Phi) is 3.68. The number of rotatable bonds is 4. The van der Waals surface area contributed by atoms with E-state index >= 15 is 0 Å². The summed E-state index contributed by atoms with van der Waals surface area (Å²) in [6.07, 6.45) is 0. The number of para-hydroxylation sites is 1. The lowest BCUT2D eigenvalue weighted by molar-refractivity contribution is 0.0697. The highest BCUT2D eigenvalue weighted by Gasteiger charge is 2.07. The summed E-state index contributed by atoms with van der Waals surface area (Å²) in [7, 11) is 0. The van der Waals surface area contributed by atoms with Crippen LogP contribution in [0.4, 0.5) is 10.8 Å². The Morgan fingerprint density at radius 1 is 1.24 bits per heavy atom. The van der Waals surface area contributed by atoms with Gasteiger partial charge in [-0.05, 0) is 48.3 Å². The third-order valence-electron chi connectivity index (χ3n) is 2.81. The van der Waals surface area contributed by atoms with Crippen LogP contribution in [0.25, 0.3) is 10.2 Å². The van der Waals surface area contributed by atoms with Crippen molar-refractivity contribution in [1.29, 1.82) is 0 Å². The number of aromatic nitrogens is 1. The van der Waals surface area contributed by atoms with Crippen molar-refractivity contribution in [2.45, 2.75) is 4.90 Å². The molecule has 0 aliphatic heterocycles. The van der Waals surface area contributed by atoms with Crippen LogP contribution in [0.3, 0.4) is 0 Å². The fourth-order valence-corrected chi connectivity index (χ4v) is 3.41. The molecule has 7 heteroatoms. The van der Waals surface area contributed by atoms with E-state index in [1.165, 1.54) is 23.3 Å². The summed E-state index contributed by atoms with van der Waals surface area (Å²) in [4.78, 5) is 16.1. The quantitative estimate of drug-likeness (QED) is 0.636. The highest BCUT2D eigenvalue weighted by atomic mass is 32.2. The average molecular weight is 317 g/mol. The van der Waals surface area contributed by atoms with Crippen LogP contribution in [0.5, 0.6) is 0 Å². The van der Waals surface area contributed by atoms with Crippen LogP contribution in [0.2, 0.25) is 0 Å². The summed E-state index contributed by atoms with van der Waals surface area (Å²) in [5, 5.41) is 9.40. The molecule has 4 N–H and O–H groups in total. The second-order valence-corrected chi connectivity index (χ2v) is 6.15. The van der Waals surface area contributed by atoms with Crippen molar-refractivity contribution >= 4 is 50.3 Å². The molecular weight excluding hydrogens is 306 g/mol. The number of hydrogen-bond donors (Lipinski definition) is 3. The Morgan fingerprint density at radius 2 is 2.00 bits per heavy atom. The standard InChI is InChI=1S/C14H11N3O2S2/c15-14-16-12-10(20-14)2-1-3-11(12)21-17-9-6-4-8(5-7-9)13(18)19/h1-7,17H,(H2,15,16)(H,18,19). The van der Waals surface area contributed by atoms with E-state index in [0.29, 0.717) is 5.13 Å². The molecule has 0 bridgehead atoms. The van der Waals surface area contributed by atoms with E-state index in [9.17, 15) is 4.79 Å². The number of carboxylic acid groups (broad SMARTS) is 1. The molecule has 0 saturated heterocycles. The third kappa shape index (κ3) is 2.93. The molecule has 0 spiro atoms. The molecule has 0 fully saturated rings. The van der Waals surface area contributed by atoms with E-state index in [2.05, 4.69) is 9.71 Å². The minimum Gasteiger partial charge on any atom is -0.478 e. The van der Waals surface area contributed by atoms with Gasteiger partial charge in [-0.15, -0.1) is 0 Å². The van der Waals surface area contributed by atoms with Gasteiger partial charge in [0.05, 0.1) is 20.7 Å². The maximum atomic E-state index is 10.8. The van der Waals surface area contributed by atoms with Crippen LogP contribution >= 0.6 is 23.3 Å². The van der Waals surface area contributed by atoms with Crippen molar-refractivity contribution in [3.05, 3.63) is 48.0 Å². The molecule has 0 aliphatic rings. The van der Waals surface area contributed by atoms with Crippen LogP contribution in [-0.4, -0.2) is 16.1 Å². The fourth-order valence-electron chi connectivity index (χ4n) is 1.82. The monoisotopic (exact) mass is 317 g/mol. The lowest BCUT2D eigenvalue weighted by atomic mass is 10.2. The molecule has 0 amide bonds. The smallest absolute Gasteiger partial charge is 0.335 e. The van der Waals surface area contributed by atoms with E-state index in [0.717, 1.165) is 20.8 Å². The molecule has 0 atom stereocenters. The first-order valence-corrected chi connectivity index (χ1v) is 7.68. The Bertz CT molecular complexity index is 800. The van der Waals surface area contributed by atoms with Gasteiger partial charge >= 0.3 is 5.97 Å². The first-order valence-electron chi connectivity index (χ1n) is 6.05. The lowest BCUT2D eigenvalue weighted by Gasteiger charge is -2.06. The van der Waals surface area contributed by atoms with Crippen LogP contribution < -0.4 is 10.5 Å². The summed E-state index contributed by atoms with van der Waals surface area (Å²) >= 11 is 2.88. The topological polar surface area (TPSA) is 88.2 Å². The Morgan fingerprint density at radius 3 is 2.71 bits per heavy atom. The fraction of sp³-hybridized carbons (Fsp3) is 0. The van der Waals surface area contributed by atoms with Crippen molar-refractivity contribution in [1.82, 2.24) is 4.98 Å². The van der Waals surface area contributed by atoms with Crippen molar-refractivity contribution in [2.75, 3.05) is 10.5 Å². The summed E-state index contributed by atoms with van der Waals surface area (Å²) in [5.74, 6) is -0.933. The third-order valence-corrected chi connectivity index (χ3v) is 4.55. The zero-order valence-electron chi connectivity index (χ0n) is 10.7. The second-order valence-electron chi connectivity index (χ2n) is 4.24. The van der Waals surface area contributed by atoms with Gasteiger partial charge in [0.2, 0.25) is 0 Å². The molecular formula is C14H11N3O2S2. The first kappa shape index (κ1) is 13.7. The maximum Gasteiger partial charge on any atom is 0.335 e. The van der Waals surface area contributed by atoms with Gasteiger partial charge in [-0.25, -0.2) is 9.78 Å². The van der Waals surface area contributed by atoms with E-state index in [1.807, 2.05) is 18.2 Å². The molecule has 3 aromatic rings. The van der Waals surface area contributed by atoms with Crippen molar-refractivity contribution in [2.24, 2.45) is 0 Å². The molecule has 0 saturated carbocycles. The van der Waals surface area contributed by atoms with Gasteiger partial charge in [0, 0.05) is 5.69 Å². The van der Waals surface area contributed by atoms with Crippen LogP contribution in [0.1, 0.15) is 10.4 Å². The largest absolute Gasteiger partial charge is 0.478 e. The number of carboxylic acids is 1. The van der Waals surface area contributed by atoms with Gasteiger partial charge in [0.15, 0.2) is 5.13 Å². The van der Waals surface area contributed by atoms with Gasteiger partial charge in [0.25, 0.3) is 0 Å². The molecule has 21 heavy (non-hydrogen) atoms. The van der Waals surface area contributed by atoms with Crippen molar-refractivity contribution in [3.63, 3.8) is 0 Å². The predicted molar refractivity (Wildman–Crippen MR) is 86.9 cm³/mol. The number of hydrogen-bond acceptors (Lipinski definition) is 6. The number of carbonyl (C=O) groups is 1. The minimum atomic E-state index is -0.933.